The van der Waals surface area contributed by atoms with Gasteiger partial charge in [-0.15, -0.1) is 22.7 Å². The highest BCUT2D eigenvalue weighted by atomic mass is 32.1. The van der Waals surface area contributed by atoms with Crippen LogP contribution < -0.4 is 9.80 Å². The molecule has 0 radical (unpaired) electrons. The molecular formula is C32H12F6N2O4S2. The monoisotopic (exact) mass is 666 g/mol. The van der Waals surface area contributed by atoms with Crippen LogP contribution in [0, 0.1) is 0 Å². The van der Waals surface area contributed by atoms with E-state index < -0.39 is 47.1 Å². The SMILES string of the molecule is O=C1c2c3ccsc3c3c4c(c5ccsc5c(c24)C(=O)N1c1ccc(C(F)(F)F)cc1)C(=O)N(c1ccc(C(F)(F)F)cc1)C3=O. The van der Waals surface area contributed by atoms with Gasteiger partial charge in [-0.1, -0.05) is 0 Å². The quantitative estimate of drug-likeness (QED) is 0.137. The second kappa shape index (κ2) is 9.23. The molecule has 2 aromatic heterocycles. The molecule has 0 unspecified atom stereocenters. The van der Waals surface area contributed by atoms with Gasteiger partial charge in [0.1, 0.15) is 0 Å². The van der Waals surface area contributed by atoms with Gasteiger partial charge < -0.3 is 0 Å². The van der Waals surface area contributed by atoms with Gasteiger partial charge in [-0.05, 0) is 71.4 Å². The number of fused-ring (bicyclic) bond motifs is 6. The van der Waals surface area contributed by atoms with Crippen LogP contribution in [0.1, 0.15) is 52.6 Å². The number of carbonyl (C=O) groups excluding carboxylic acids is 4. The molecule has 14 heteroatoms. The third-order valence-electron chi connectivity index (χ3n) is 8.15. The summed E-state index contributed by atoms with van der Waals surface area (Å²) >= 11 is 2.18. The van der Waals surface area contributed by atoms with E-state index in [0.29, 0.717) is 9.40 Å². The van der Waals surface area contributed by atoms with E-state index in [1.165, 1.54) is 0 Å². The molecule has 2 aliphatic heterocycles. The predicted octanol–water partition coefficient (Wildman–Crippen LogP) is 8.91. The minimum absolute atomic E-state index is 0.00429. The second-order valence-electron chi connectivity index (χ2n) is 10.6. The van der Waals surface area contributed by atoms with Crippen molar-refractivity contribution >= 4 is 88.6 Å². The standard InChI is InChI=1S/C32H12F6N2O4S2/c33-31(34,35)13-1-5-15(6-2-13)39-27(41)19-17-9-11-46-26(17)24-22-20(18-10-12-45-25(18)23(21(19)22)29(39)43)28(42)40(30(24)44)16-7-3-14(4-8-16)32(36,37)38/h1-12H. The van der Waals surface area contributed by atoms with E-state index in [-0.39, 0.29) is 55.2 Å². The largest absolute Gasteiger partial charge is 0.416 e. The van der Waals surface area contributed by atoms with E-state index in [9.17, 15) is 45.5 Å². The lowest BCUT2D eigenvalue weighted by atomic mass is 9.82. The summed E-state index contributed by atoms with van der Waals surface area (Å²) < 4.78 is 80.2. The van der Waals surface area contributed by atoms with Gasteiger partial charge in [-0.3, -0.25) is 19.2 Å². The predicted molar refractivity (Wildman–Crippen MR) is 160 cm³/mol. The minimum Gasteiger partial charge on any atom is -0.268 e. The highest BCUT2D eigenvalue weighted by molar-refractivity contribution is 7.18. The highest BCUT2D eigenvalue weighted by Crippen LogP contribution is 2.50. The van der Waals surface area contributed by atoms with Crippen LogP contribution in [0.3, 0.4) is 0 Å². The van der Waals surface area contributed by atoms with Crippen LogP contribution in [-0.4, -0.2) is 23.6 Å². The molecule has 0 bridgehead atoms. The molecule has 4 aromatic carbocycles. The molecule has 8 rings (SSSR count). The number of nitrogens with zero attached hydrogens (tertiary/aromatic N) is 2. The van der Waals surface area contributed by atoms with Crippen molar-refractivity contribution in [1.29, 1.82) is 0 Å². The lowest BCUT2D eigenvalue weighted by molar-refractivity contribution is -0.138. The molecule has 2 aliphatic rings. The van der Waals surface area contributed by atoms with Crippen molar-refractivity contribution in [3.05, 3.63) is 105 Å². The number of alkyl halides is 6. The minimum atomic E-state index is -4.65. The van der Waals surface area contributed by atoms with Crippen molar-refractivity contribution in [3.8, 4) is 0 Å². The van der Waals surface area contributed by atoms with Crippen molar-refractivity contribution in [2.45, 2.75) is 12.4 Å². The number of hydrogen-bond acceptors (Lipinski definition) is 6. The fourth-order valence-corrected chi connectivity index (χ4v) is 8.09. The summed E-state index contributed by atoms with van der Waals surface area (Å²) in [7, 11) is 0. The fourth-order valence-electron chi connectivity index (χ4n) is 6.20. The molecular weight excluding hydrogens is 654 g/mol. The van der Waals surface area contributed by atoms with Crippen LogP contribution in [0.5, 0.6) is 0 Å². The molecule has 0 aliphatic carbocycles. The normalized spacial score (nSPS) is 15.3. The fraction of sp³-hybridized carbons (Fsp3) is 0.0625. The van der Waals surface area contributed by atoms with Crippen molar-refractivity contribution < 1.29 is 45.5 Å². The number of benzene rings is 4. The van der Waals surface area contributed by atoms with Crippen LogP contribution in [-0.2, 0) is 12.4 Å². The first kappa shape index (κ1) is 28.4. The Balaban J connectivity index is 1.41. The molecule has 0 saturated carbocycles. The van der Waals surface area contributed by atoms with Crippen molar-refractivity contribution in [2.24, 2.45) is 0 Å². The Labute approximate surface area is 260 Å². The molecule has 0 spiro atoms. The smallest absolute Gasteiger partial charge is 0.268 e. The molecule has 4 heterocycles. The van der Waals surface area contributed by atoms with Crippen LogP contribution in [0.15, 0.2) is 71.4 Å². The van der Waals surface area contributed by atoms with Gasteiger partial charge in [0.15, 0.2) is 0 Å². The van der Waals surface area contributed by atoms with Crippen LogP contribution >= 0.6 is 22.7 Å². The number of halogens is 6. The summed E-state index contributed by atoms with van der Waals surface area (Å²) in [5.74, 6) is -3.39. The molecule has 0 fully saturated rings. The van der Waals surface area contributed by atoms with Crippen LogP contribution in [0.2, 0.25) is 0 Å². The molecule has 228 valence electrons. The van der Waals surface area contributed by atoms with Gasteiger partial charge >= 0.3 is 12.4 Å². The third kappa shape index (κ3) is 3.70. The molecule has 0 saturated heterocycles. The first-order chi connectivity index (χ1) is 21.8. The summed E-state index contributed by atoms with van der Waals surface area (Å²) in [4.78, 5) is 58.3. The van der Waals surface area contributed by atoms with E-state index in [1.807, 2.05) is 0 Å². The average molecular weight is 667 g/mol. The first-order valence-electron chi connectivity index (χ1n) is 13.3. The zero-order valence-corrected chi connectivity index (χ0v) is 24.2. The lowest BCUT2D eigenvalue weighted by Gasteiger charge is -2.33. The zero-order chi connectivity index (χ0) is 32.4. The molecule has 4 amide bonds. The zero-order valence-electron chi connectivity index (χ0n) is 22.5. The molecule has 46 heavy (non-hydrogen) atoms. The number of rotatable bonds is 2. The summed E-state index contributed by atoms with van der Waals surface area (Å²) in [5.41, 5.74) is -2.11. The molecule has 6 aromatic rings. The van der Waals surface area contributed by atoms with Crippen LogP contribution in [0.4, 0.5) is 37.7 Å². The maximum absolute atomic E-state index is 14.2. The Morgan fingerprint density at radius 1 is 0.457 bits per heavy atom. The Morgan fingerprint density at radius 3 is 1.11 bits per heavy atom. The molecule has 0 N–H and O–H groups in total. The Bertz CT molecular complexity index is 2100. The number of anilines is 2. The summed E-state index contributed by atoms with van der Waals surface area (Å²) in [5, 5.41) is 3.91. The summed E-state index contributed by atoms with van der Waals surface area (Å²) in [6, 6.07) is 10.3. The van der Waals surface area contributed by atoms with E-state index >= 15 is 0 Å². The van der Waals surface area contributed by atoms with Gasteiger partial charge in [-0.25, -0.2) is 9.80 Å². The maximum atomic E-state index is 14.2. The van der Waals surface area contributed by atoms with Gasteiger partial charge in [0.05, 0.1) is 44.8 Å². The maximum Gasteiger partial charge on any atom is 0.416 e. The van der Waals surface area contributed by atoms with E-state index in [4.69, 9.17) is 0 Å². The first-order valence-corrected chi connectivity index (χ1v) is 15.1. The van der Waals surface area contributed by atoms with Gasteiger partial charge in [0.2, 0.25) is 0 Å². The highest BCUT2D eigenvalue weighted by Gasteiger charge is 2.45. The van der Waals surface area contributed by atoms with Crippen molar-refractivity contribution in [3.63, 3.8) is 0 Å². The number of carbonyl (C=O) groups is 4. The summed E-state index contributed by atoms with van der Waals surface area (Å²) in [6.07, 6.45) is -9.29. The van der Waals surface area contributed by atoms with E-state index in [0.717, 1.165) is 81.0 Å². The van der Waals surface area contributed by atoms with Crippen molar-refractivity contribution in [2.75, 3.05) is 9.80 Å². The van der Waals surface area contributed by atoms with E-state index in [1.54, 1.807) is 22.9 Å². The molecule has 6 nitrogen and oxygen atoms in total. The lowest BCUT2D eigenvalue weighted by Crippen LogP contribution is -2.43. The van der Waals surface area contributed by atoms with Gasteiger partial charge in [0, 0.05) is 30.9 Å². The van der Waals surface area contributed by atoms with Gasteiger partial charge in [-0.2, -0.15) is 26.3 Å². The Hall–Kier alpha value is -5.08. The Kier molecular flexibility index (Phi) is 5.70. The number of imide groups is 2. The van der Waals surface area contributed by atoms with Crippen LogP contribution in [0.25, 0.3) is 30.9 Å². The summed E-state index contributed by atoms with van der Waals surface area (Å²) in [6.45, 7) is 0. The molecule has 0 atom stereocenters. The number of hydrogen-bond donors (Lipinski definition) is 0. The van der Waals surface area contributed by atoms with E-state index in [2.05, 4.69) is 0 Å². The average Bonchev–Trinajstić information content (AvgIpc) is 3.68. The number of thiophene rings is 2. The Morgan fingerprint density at radius 2 is 0.783 bits per heavy atom. The third-order valence-corrected chi connectivity index (χ3v) is 10.0. The topological polar surface area (TPSA) is 74.8 Å². The van der Waals surface area contributed by atoms with Gasteiger partial charge in [0.25, 0.3) is 23.6 Å². The van der Waals surface area contributed by atoms with Crippen molar-refractivity contribution in [1.82, 2.24) is 0 Å². The second-order valence-corrected chi connectivity index (χ2v) is 12.4. The number of amides is 4.